The first-order chi connectivity index (χ1) is 14.6. The lowest BCUT2D eigenvalue weighted by Gasteiger charge is -2.07. The number of pyridine rings is 1. The molecule has 3 aromatic rings. The van der Waals surface area contributed by atoms with Crippen molar-refractivity contribution in [1.82, 2.24) is 25.1 Å². The maximum Gasteiger partial charge on any atom is 0.275 e. The van der Waals surface area contributed by atoms with Gasteiger partial charge in [0.2, 0.25) is 0 Å². The molecule has 0 saturated heterocycles. The molecule has 156 valence electrons. The topological polar surface area (TPSA) is 111 Å². The minimum atomic E-state index is -0.393. The molecule has 0 aliphatic carbocycles. The molecule has 4 heterocycles. The predicted octanol–water partition coefficient (Wildman–Crippen LogP) is 2.27. The summed E-state index contributed by atoms with van der Waals surface area (Å²) in [4.78, 5) is 34.1. The van der Waals surface area contributed by atoms with Crippen LogP contribution in [0.1, 0.15) is 39.5 Å². The molecule has 10 heteroatoms. The van der Waals surface area contributed by atoms with E-state index in [9.17, 15) is 9.59 Å². The summed E-state index contributed by atoms with van der Waals surface area (Å²) in [6, 6.07) is 3.90. The van der Waals surface area contributed by atoms with E-state index in [4.69, 9.17) is 4.74 Å². The molecule has 2 amide bonds. The second kappa shape index (κ2) is 9.14. The van der Waals surface area contributed by atoms with Crippen LogP contribution in [0.15, 0.2) is 29.9 Å². The molecule has 9 nitrogen and oxygen atoms in total. The van der Waals surface area contributed by atoms with Gasteiger partial charge in [0, 0.05) is 49.2 Å². The number of anilines is 1. The molecule has 0 fully saturated rings. The number of aromatic nitrogens is 4. The number of ether oxygens (including phenoxy) is 1. The predicted molar refractivity (Wildman–Crippen MR) is 113 cm³/mol. The highest BCUT2D eigenvalue weighted by molar-refractivity contribution is 7.13. The number of thiazole rings is 1. The Morgan fingerprint density at radius 3 is 3.00 bits per heavy atom. The highest BCUT2D eigenvalue weighted by atomic mass is 32.1. The zero-order valence-electron chi connectivity index (χ0n) is 16.6. The van der Waals surface area contributed by atoms with Gasteiger partial charge >= 0.3 is 0 Å². The molecular formula is C20H22N6O3S. The van der Waals surface area contributed by atoms with Gasteiger partial charge < -0.3 is 15.4 Å². The van der Waals surface area contributed by atoms with Gasteiger partial charge in [0.1, 0.15) is 10.7 Å². The number of carbonyl (C=O) groups excluding carboxylic acids is 2. The highest BCUT2D eigenvalue weighted by Gasteiger charge is 2.20. The molecule has 4 rings (SSSR count). The zero-order valence-corrected chi connectivity index (χ0v) is 17.4. The summed E-state index contributed by atoms with van der Waals surface area (Å²) in [5.41, 5.74) is 2.69. The van der Waals surface area contributed by atoms with E-state index in [-0.39, 0.29) is 17.3 Å². The van der Waals surface area contributed by atoms with E-state index in [0.717, 1.165) is 35.5 Å². The van der Waals surface area contributed by atoms with E-state index in [1.165, 1.54) is 16.0 Å². The summed E-state index contributed by atoms with van der Waals surface area (Å²) in [6.07, 6.45) is 6.06. The Kier molecular flexibility index (Phi) is 6.15. The quantitative estimate of drug-likeness (QED) is 0.571. The Morgan fingerprint density at radius 2 is 2.10 bits per heavy atom. The van der Waals surface area contributed by atoms with Gasteiger partial charge in [-0.05, 0) is 31.4 Å². The van der Waals surface area contributed by atoms with Crippen LogP contribution in [0.2, 0.25) is 0 Å². The maximum atomic E-state index is 12.7. The normalized spacial score (nSPS) is 15.9. The number of nitrogens with zero attached hydrogens (tertiary/aromatic N) is 4. The largest absolute Gasteiger partial charge is 0.380 e. The number of fused-ring (bicyclic) bond motifs is 6. The van der Waals surface area contributed by atoms with Crippen molar-refractivity contribution < 1.29 is 14.3 Å². The molecule has 4 bridgehead atoms. The van der Waals surface area contributed by atoms with Crippen molar-refractivity contribution in [2.45, 2.75) is 19.3 Å². The second-order valence-electron chi connectivity index (χ2n) is 6.92. The van der Waals surface area contributed by atoms with Crippen LogP contribution in [-0.4, -0.2) is 51.3 Å². The van der Waals surface area contributed by atoms with Gasteiger partial charge in [0.05, 0.1) is 12.3 Å². The zero-order chi connectivity index (χ0) is 20.9. The summed E-state index contributed by atoms with van der Waals surface area (Å²) < 4.78 is 7.08. The van der Waals surface area contributed by atoms with Crippen molar-refractivity contribution >= 4 is 28.8 Å². The van der Waals surface area contributed by atoms with Gasteiger partial charge in [-0.3, -0.25) is 19.3 Å². The third-order valence-corrected chi connectivity index (χ3v) is 5.49. The molecule has 3 aromatic heterocycles. The van der Waals surface area contributed by atoms with Crippen LogP contribution in [0.25, 0.3) is 10.6 Å². The summed E-state index contributed by atoms with van der Waals surface area (Å²) in [7, 11) is 1.69. The lowest BCUT2D eigenvalue weighted by Crippen LogP contribution is -2.29. The molecule has 2 N–H and O–H groups in total. The number of nitrogens with one attached hydrogen (secondary N) is 2. The van der Waals surface area contributed by atoms with Crippen LogP contribution in [0.3, 0.4) is 0 Å². The van der Waals surface area contributed by atoms with E-state index >= 15 is 0 Å². The third-order valence-electron chi connectivity index (χ3n) is 4.60. The average Bonchev–Trinajstić information content (AvgIpc) is 3.36. The van der Waals surface area contributed by atoms with Crippen molar-refractivity contribution in [1.29, 1.82) is 0 Å². The molecular weight excluding hydrogens is 404 g/mol. The smallest absolute Gasteiger partial charge is 0.275 e. The van der Waals surface area contributed by atoms with Crippen molar-refractivity contribution in [3.05, 3.63) is 47.0 Å². The van der Waals surface area contributed by atoms with E-state index in [0.29, 0.717) is 25.4 Å². The number of carbonyl (C=O) groups is 2. The maximum absolute atomic E-state index is 12.7. The first-order valence-electron chi connectivity index (χ1n) is 9.72. The number of rotatable bonds is 0. The van der Waals surface area contributed by atoms with E-state index in [2.05, 4.69) is 25.7 Å². The van der Waals surface area contributed by atoms with Crippen LogP contribution in [-0.2, 0) is 18.2 Å². The highest BCUT2D eigenvalue weighted by Crippen LogP contribution is 2.25. The van der Waals surface area contributed by atoms with Crippen LogP contribution in [0.4, 0.5) is 5.69 Å². The average molecular weight is 427 g/mol. The number of hydrogen-bond acceptors (Lipinski definition) is 7. The molecule has 1 aliphatic heterocycles. The first-order valence-corrected chi connectivity index (χ1v) is 10.6. The van der Waals surface area contributed by atoms with E-state index in [1.54, 1.807) is 24.8 Å². The molecule has 1 aliphatic rings. The van der Waals surface area contributed by atoms with Gasteiger partial charge in [-0.1, -0.05) is 0 Å². The van der Waals surface area contributed by atoms with E-state index < -0.39 is 5.91 Å². The van der Waals surface area contributed by atoms with Crippen molar-refractivity contribution in [2.75, 3.05) is 25.1 Å². The Labute approximate surface area is 177 Å². The number of amides is 2. The van der Waals surface area contributed by atoms with Crippen LogP contribution in [0, 0.1) is 0 Å². The molecule has 0 spiro atoms. The van der Waals surface area contributed by atoms with Crippen molar-refractivity contribution in [3.63, 3.8) is 0 Å². The van der Waals surface area contributed by atoms with Gasteiger partial charge in [-0.25, -0.2) is 4.98 Å². The minimum absolute atomic E-state index is 0.151. The van der Waals surface area contributed by atoms with Gasteiger partial charge in [0.15, 0.2) is 5.69 Å². The molecule has 0 unspecified atom stereocenters. The summed E-state index contributed by atoms with van der Waals surface area (Å²) in [5, 5.41) is 12.1. The SMILES string of the molecule is Cn1cc2c(n1)C(=O)NCCOCCCCc1cc(ccn1)-c1nc(cs1)C(=O)N2. The fourth-order valence-electron chi connectivity index (χ4n) is 3.13. The fourth-order valence-corrected chi connectivity index (χ4v) is 3.92. The fraction of sp³-hybridized carbons (Fsp3) is 0.350. The Morgan fingerprint density at radius 1 is 1.20 bits per heavy atom. The van der Waals surface area contributed by atoms with Gasteiger partial charge in [0.25, 0.3) is 11.8 Å². The Balaban J connectivity index is 1.61. The summed E-state index contributed by atoms with van der Waals surface area (Å²) in [5.74, 6) is -0.761. The third kappa shape index (κ3) is 4.71. The lowest BCUT2D eigenvalue weighted by molar-refractivity contribution is 0.0907. The lowest BCUT2D eigenvalue weighted by atomic mass is 10.1. The van der Waals surface area contributed by atoms with Crippen molar-refractivity contribution in [2.24, 2.45) is 7.05 Å². The van der Waals surface area contributed by atoms with E-state index in [1.807, 2.05) is 12.1 Å². The van der Waals surface area contributed by atoms with Crippen LogP contribution >= 0.6 is 11.3 Å². The Bertz CT molecular complexity index is 1060. The molecule has 30 heavy (non-hydrogen) atoms. The molecule has 0 aromatic carbocycles. The summed E-state index contributed by atoms with van der Waals surface area (Å²) >= 11 is 1.39. The van der Waals surface area contributed by atoms with Crippen molar-refractivity contribution in [3.8, 4) is 10.6 Å². The molecule has 0 radical (unpaired) electrons. The standard InChI is InChI=1S/C20H22N6O3S/c1-26-11-15-17(25-26)19(28)22-7-9-29-8-3-2-4-14-10-13(5-6-21-14)20-24-16(12-30-20)18(27)23-15/h5-6,10-12H,2-4,7-9H2,1H3,(H,22,28)(H,23,27). The minimum Gasteiger partial charge on any atom is -0.380 e. The van der Waals surface area contributed by atoms with Gasteiger partial charge in [-0.2, -0.15) is 5.10 Å². The Hall–Kier alpha value is -3.11. The number of aryl methyl sites for hydroxylation is 2. The molecule has 0 saturated carbocycles. The first kappa shape index (κ1) is 20.2. The van der Waals surface area contributed by atoms with Crippen LogP contribution in [0.5, 0.6) is 0 Å². The monoisotopic (exact) mass is 426 g/mol. The second-order valence-corrected chi connectivity index (χ2v) is 7.78. The number of hydrogen-bond donors (Lipinski definition) is 2. The van der Waals surface area contributed by atoms with Crippen LogP contribution < -0.4 is 10.6 Å². The summed E-state index contributed by atoms with van der Waals surface area (Å²) in [6.45, 7) is 1.40. The molecule has 0 atom stereocenters. The van der Waals surface area contributed by atoms with Gasteiger partial charge in [-0.15, -0.1) is 11.3 Å².